The fourth-order valence-corrected chi connectivity index (χ4v) is 5.13. The Morgan fingerprint density at radius 1 is 1.18 bits per heavy atom. The van der Waals surface area contributed by atoms with Crippen molar-refractivity contribution >= 4 is 17.2 Å². The van der Waals surface area contributed by atoms with Crippen LogP contribution in [-0.4, -0.2) is 52.9 Å². The molecule has 0 saturated carbocycles. The van der Waals surface area contributed by atoms with Crippen LogP contribution in [-0.2, 0) is 17.9 Å². The quantitative estimate of drug-likeness (QED) is 0.812. The fraction of sp³-hybridized carbons (Fsp3) is 0.545. The Labute approximate surface area is 171 Å². The third kappa shape index (κ3) is 5.19. The van der Waals surface area contributed by atoms with Crippen molar-refractivity contribution in [3.05, 3.63) is 52.5 Å². The lowest BCUT2D eigenvalue weighted by molar-refractivity contribution is -0.127. The van der Waals surface area contributed by atoms with Gasteiger partial charge in [-0.3, -0.25) is 19.6 Å². The predicted octanol–water partition coefficient (Wildman–Crippen LogP) is 3.14. The summed E-state index contributed by atoms with van der Waals surface area (Å²) >= 11 is 1.78. The molecular weight excluding hydrogens is 368 g/mol. The summed E-state index contributed by atoms with van der Waals surface area (Å²) in [5, 5.41) is 7.53. The molecule has 0 radical (unpaired) electrons. The van der Waals surface area contributed by atoms with Gasteiger partial charge in [-0.25, -0.2) is 0 Å². The van der Waals surface area contributed by atoms with Crippen molar-refractivity contribution < 1.29 is 4.79 Å². The largest absolute Gasteiger partial charge is 0.352 e. The molecule has 2 saturated heterocycles. The molecule has 4 rings (SSSR count). The minimum Gasteiger partial charge on any atom is -0.352 e. The SMILES string of the molecule is O=C(NCc1cccnc1)[C@H]1CCCN(C2CCN(Cc3ccsc3)CC2)C1. The number of carbonyl (C=O) groups is 1. The molecule has 0 aliphatic carbocycles. The van der Waals surface area contributed by atoms with Gasteiger partial charge in [0.05, 0.1) is 5.92 Å². The normalized spacial score (nSPS) is 22.2. The van der Waals surface area contributed by atoms with Gasteiger partial charge in [0.1, 0.15) is 0 Å². The number of piperidine rings is 2. The molecule has 1 amide bonds. The van der Waals surface area contributed by atoms with Crippen LogP contribution >= 0.6 is 11.3 Å². The molecule has 0 bridgehead atoms. The van der Waals surface area contributed by atoms with Crippen molar-refractivity contribution in [1.82, 2.24) is 20.1 Å². The van der Waals surface area contributed by atoms with Crippen LogP contribution in [0.2, 0.25) is 0 Å². The standard InChI is InChI=1S/C22H30N4OS/c27-22(24-14-18-3-1-8-23-13-18)20-4-2-9-26(16-20)21-5-10-25(11-6-21)15-19-7-12-28-17-19/h1,3,7-8,12-13,17,20-21H,2,4-6,9-11,14-16H2,(H,24,27)/t20-/m0/s1. The van der Waals surface area contributed by atoms with Crippen molar-refractivity contribution in [3.63, 3.8) is 0 Å². The van der Waals surface area contributed by atoms with E-state index in [0.29, 0.717) is 12.6 Å². The highest BCUT2D eigenvalue weighted by molar-refractivity contribution is 7.07. The van der Waals surface area contributed by atoms with E-state index in [0.717, 1.165) is 51.1 Å². The number of nitrogens with zero attached hydrogens (tertiary/aromatic N) is 3. The number of rotatable bonds is 6. The first kappa shape index (κ1) is 19.6. The zero-order valence-electron chi connectivity index (χ0n) is 16.4. The average molecular weight is 399 g/mol. The summed E-state index contributed by atoms with van der Waals surface area (Å²) in [6.07, 6.45) is 8.14. The van der Waals surface area contributed by atoms with Gasteiger partial charge < -0.3 is 5.32 Å². The van der Waals surface area contributed by atoms with Gasteiger partial charge in [-0.15, -0.1) is 0 Å². The van der Waals surface area contributed by atoms with E-state index in [1.807, 2.05) is 18.3 Å². The Bertz CT molecular complexity index is 728. The molecule has 2 aliphatic heterocycles. The minimum atomic E-state index is 0.120. The monoisotopic (exact) mass is 398 g/mol. The number of nitrogens with one attached hydrogen (secondary N) is 1. The highest BCUT2D eigenvalue weighted by Crippen LogP contribution is 2.25. The molecule has 1 atom stereocenters. The van der Waals surface area contributed by atoms with Crippen LogP contribution < -0.4 is 5.32 Å². The van der Waals surface area contributed by atoms with E-state index in [1.54, 1.807) is 17.5 Å². The molecule has 2 aromatic heterocycles. The van der Waals surface area contributed by atoms with Crippen molar-refractivity contribution in [2.75, 3.05) is 26.2 Å². The van der Waals surface area contributed by atoms with E-state index < -0.39 is 0 Å². The highest BCUT2D eigenvalue weighted by atomic mass is 32.1. The molecule has 0 unspecified atom stereocenters. The predicted molar refractivity (Wildman–Crippen MR) is 113 cm³/mol. The number of hydrogen-bond donors (Lipinski definition) is 1. The van der Waals surface area contributed by atoms with Gasteiger partial charge in [-0.05, 0) is 79.3 Å². The van der Waals surface area contributed by atoms with Gasteiger partial charge in [-0.1, -0.05) is 6.07 Å². The fourth-order valence-electron chi connectivity index (χ4n) is 4.47. The average Bonchev–Trinajstić information content (AvgIpc) is 3.26. The summed E-state index contributed by atoms with van der Waals surface area (Å²) in [6, 6.07) is 6.78. The summed E-state index contributed by atoms with van der Waals surface area (Å²) in [5.41, 5.74) is 2.49. The van der Waals surface area contributed by atoms with E-state index in [9.17, 15) is 4.79 Å². The first-order valence-corrected chi connectivity index (χ1v) is 11.4. The maximum Gasteiger partial charge on any atom is 0.224 e. The second-order valence-corrected chi connectivity index (χ2v) is 8.83. The lowest BCUT2D eigenvalue weighted by atomic mass is 9.93. The summed E-state index contributed by atoms with van der Waals surface area (Å²) in [4.78, 5) is 21.9. The lowest BCUT2D eigenvalue weighted by Crippen LogP contribution is -2.50. The highest BCUT2D eigenvalue weighted by Gasteiger charge is 2.31. The molecule has 28 heavy (non-hydrogen) atoms. The van der Waals surface area contributed by atoms with Crippen LogP contribution in [0.4, 0.5) is 0 Å². The van der Waals surface area contributed by atoms with Crippen LogP contribution in [0.1, 0.15) is 36.8 Å². The van der Waals surface area contributed by atoms with E-state index >= 15 is 0 Å². The van der Waals surface area contributed by atoms with Crippen molar-refractivity contribution in [3.8, 4) is 0 Å². The number of aromatic nitrogens is 1. The second-order valence-electron chi connectivity index (χ2n) is 8.05. The van der Waals surface area contributed by atoms with Crippen LogP contribution in [0.5, 0.6) is 0 Å². The van der Waals surface area contributed by atoms with Gasteiger partial charge in [0.25, 0.3) is 0 Å². The van der Waals surface area contributed by atoms with Crippen molar-refractivity contribution in [2.45, 2.75) is 44.8 Å². The molecule has 6 heteroatoms. The van der Waals surface area contributed by atoms with Gasteiger partial charge in [0.2, 0.25) is 5.91 Å². The van der Waals surface area contributed by atoms with Gasteiger partial charge in [0.15, 0.2) is 0 Å². The Kier molecular flexibility index (Phi) is 6.73. The molecule has 150 valence electrons. The van der Waals surface area contributed by atoms with Crippen molar-refractivity contribution in [2.24, 2.45) is 5.92 Å². The van der Waals surface area contributed by atoms with E-state index in [1.165, 1.54) is 18.4 Å². The van der Waals surface area contributed by atoms with E-state index in [-0.39, 0.29) is 11.8 Å². The summed E-state index contributed by atoms with van der Waals surface area (Å²) in [6.45, 7) is 6.03. The number of pyridine rings is 1. The number of amides is 1. The first-order valence-electron chi connectivity index (χ1n) is 10.4. The third-order valence-corrected chi connectivity index (χ3v) is 6.80. The maximum atomic E-state index is 12.7. The molecule has 0 spiro atoms. The van der Waals surface area contributed by atoms with E-state index in [4.69, 9.17) is 0 Å². The Hall–Kier alpha value is -1.76. The molecular formula is C22H30N4OS. The maximum absolute atomic E-state index is 12.7. The zero-order valence-corrected chi connectivity index (χ0v) is 17.2. The smallest absolute Gasteiger partial charge is 0.224 e. The third-order valence-electron chi connectivity index (χ3n) is 6.07. The number of carbonyl (C=O) groups excluding carboxylic acids is 1. The van der Waals surface area contributed by atoms with Crippen LogP contribution in [0.25, 0.3) is 0 Å². The summed E-state index contributed by atoms with van der Waals surface area (Å²) < 4.78 is 0. The molecule has 5 nitrogen and oxygen atoms in total. The van der Waals surface area contributed by atoms with Gasteiger partial charge in [-0.2, -0.15) is 11.3 Å². The Morgan fingerprint density at radius 3 is 2.82 bits per heavy atom. The molecule has 2 fully saturated rings. The number of thiophene rings is 1. The van der Waals surface area contributed by atoms with Crippen molar-refractivity contribution in [1.29, 1.82) is 0 Å². The number of likely N-dealkylation sites (tertiary alicyclic amines) is 2. The topological polar surface area (TPSA) is 48.5 Å². The Morgan fingerprint density at radius 2 is 2.07 bits per heavy atom. The molecule has 2 aliphatic rings. The summed E-state index contributed by atoms with van der Waals surface area (Å²) in [5.74, 6) is 0.317. The molecule has 1 N–H and O–H groups in total. The van der Waals surface area contributed by atoms with E-state index in [2.05, 4.69) is 36.9 Å². The zero-order chi connectivity index (χ0) is 19.2. The van der Waals surface area contributed by atoms with Crippen LogP contribution in [0, 0.1) is 5.92 Å². The summed E-state index contributed by atoms with van der Waals surface area (Å²) in [7, 11) is 0. The van der Waals surface area contributed by atoms with Gasteiger partial charge in [0, 0.05) is 38.1 Å². The second kappa shape index (κ2) is 9.63. The minimum absolute atomic E-state index is 0.120. The number of hydrogen-bond acceptors (Lipinski definition) is 5. The first-order chi connectivity index (χ1) is 13.8. The molecule has 4 heterocycles. The van der Waals surface area contributed by atoms with Crippen LogP contribution in [0.3, 0.4) is 0 Å². The molecule has 2 aromatic rings. The Balaban J connectivity index is 1.23. The molecule has 0 aromatic carbocycles. The van der Waals surface area contributed by atoms with Crippen LogP contribution in [0.15, 0.2) is 41.4 Å². The van der Waals surface area contributed by atoms with Gasteiger partial charge >= 0.3 is 0 Å². The lowest BCUT2D eigenvalue weighted by Gasteiger charge is -2.42.